The Morgan fingerprint density at radius 3 is 2.41 bits per heavy atom. The van der Waals surface area contributed by atoms with E-state index in [1.165, 1.54) is 12.8 Å². The molecular weight excluding hydrogens is 388 g/mol. The fourth-order valence-corrected chi connectivity index (χ4v) is 4.16. The van der Waals surface area contributed by atoms with E-state index in [1.54, 1.807) is 0 Å². The second kappa shape index (κ2) is 9.15. The van der Waals surface area contributed by atoms with Crippen LogP contribution in [-0.4, -0.2) is 29.7 Å². The van der Waals surface area contributed by atoms with Crippen molar-refractivity contribution in [3.05, 3.63) is 45.7 Å². The second-order valence-electron chi connectivity index (χ2n) is 6.38. The number of benzene rings is 1. The molecule has 3 rings (SSSR count). The van der Waals surface area contributed by atoms with E-state index < -0.39 is 5.56 Å². The number of hydrogen-bond acceptors (Lipinski definition) is 8. The lowest BCUT2D eigenvalue weighted by Gasteiger charge is -2.18. The van der Waals surface area contributed by atoms with E-state index in [4.69, 9.17) is 11.7 Å². The number of nitrogens with two attached hydrogens (primary N) is 2. The van der Waals surface area contributed by atoms with Crippen LogP contribution in [0.4, 0.5) is 5.69 Å². The van der Waals surface area contributed by atoms with Crippen LogP contribution >= 0.6 is 11.8 Å². The summed E-state index contributed by atoms with van der Waals surface area (Å²) < 4.78 is 0. The molecule has 0 unspecified atom stereocenters. The maximum Gasteiger partial charge on any atom is 0.267 e. The zero-order valence-electron chi connectivity index (χ0n) is 15.6. The van der Waals surface area contributed by atoms with Crippen molar-refractivity contribution in [2.75, 3.05) is 23.7 Å². The van der Waals surface area contributed by atoms with Crippen LogP contribution < -0.4 is 27.6 Å². The van der Waals surface area contributed by atoms with Gasteiger partial charge in [-0.15, -0.1) is 0 Å². The highest BCUT2D eigenvalue weighted by Crippen LogP contribution is 2.32. The Morgan fingerprint density at radius 1 is 1.21 bits per heavy atom. The Balaban J connectivity index is 2.05. The number of pyridine rings is 1. The van der Waals surface area contributed by atoms with Crippen LogP contribution in [0.3, 0.4) is 0 Å². The number of anilines is 1. The summed E-state index contributed by atoms with van der Waals surface area (Å²) in [6, 6.07) is 11.6. The van der Waals surface area contributed by atoms with Crippen LogP contribution in [0.5, 0.6) is 0 Å². The number of thioether (sulfide) groups is 1. The number of hydrazine groups is 1. The molecule has 9 nitrogen and oxygen atoms in total. The highest BCUT2D eigenvalue weighted by molar-refractivity contribution is 8.00. The van der Waals surface area contributed by atoms with E-state index in [2.05, 4.69) is 26.5 Å². The molecule has 0 spiro atoms. The van der Waals surface area contributed by atoms with Gasteiger partial charge in [-0.05, 0) is 30.5 Å². The highest BCUT2D eigenvalue weighted by Gasteiger charge is 2.20. The summed E-state index contributed by atoms with van der Waals surface area (Å²) in [4.78, 5) is 17.4. The lowest BCUT2D eigenvalue weighted by molar-refractivity contribution is 0.949. The standard InChI is InChI=1S/C19H20N8OS/c20-9-14-17(12-3-5-13(6-4-12)27-7-1-2-8-27)15(10-21)19(24-18(14)28)29-11-16(25-22)26-23/h3-6H,1-2,7-8,11,22-23H2,(H,24,28)(H,25,26). The minimum Gasteiger partial charge on any atom is -0.372 e. The molecule has 1 aromatic carbocycles. The number of nitriles is 2. The maximum absolute atomic E-state index is 12.5. The molecule has 2 heterocycles. The van der Waals surface area contributed by atoms with Crippen LogP contribution in [0.2, 0.25) is 0 Å². The van der Waals surface area contributed by atoms with Crippen LogP contribution in [-0.2, 0) is 0 Å². The normalized spacial score (nSPS) is 13.8. The summed E-state index contributed by atoms with van der Waals surface area (Å²) >= 11 is 1.15. The van der Waals surface area contributed by atoms with Crippen molar-refractivity contribution in [1.82, 2.24) is 10.4 Å². The first-order valence-corrected chi connectivity index (χ1v) is 9.93. The van der Waals surface area contributed by atoms with Gasteiger partial charge in [-0.1, -0.05) is 23.9 Å². The predicted molar refractivity (Wildman–Crippen MR) is 113 cm³/mol. The molecule has 0 amide bonds. The van der Waals surface area contributed by atoms with E-state index >= 15 is 0 Å². The summed E-state index contributed by atoms with van der Waals surface area (Å²) in [5.74, 6) is 11.1. The summed E-state index contributed by atoms with van der Waals surface area (Å²) in [5, 5.41) is 23.1. The first-order valence-electron chi connectivity index (χ1n) is 8.95. The van der Waals surface area contributed by atoms with Crippen LogP contribution in [0, 0.1) is 22.7 Å². The molecule has 0 radical (unpaired) electrons. The number of nitrogens with one attached hydrogen (secondary N) is 2. The molecule has 10 heteroatoms. The van der Waals surface area contributed by atoms with Crippen molar-refractivity contribution in [1.29, 1.82) is 10.5 Å². The van der Waals surface area contributed by atoms with Crippen LogP contribution in [0.25, 0.3) is 11.1 Å². The Hall–Kier alpha value is -3.47. The molecule has 1 fully saturated rings. The van der Waals surface area contributed by atoms with E-state index in [0.29, 0.717) is 22.0 Å². The number of nitrogens with zero attached hydrogens (tertiary/aromatic N) is 4. The highest BCUT2D eigenvalue weighted by atomic mass is 32.2. The fourth-order valence-electron chi connectivity index (χ4n) is 3.26. The Labute approximate surface area is 172 Å². The molecule has 0 bridgehead atoms. The van der Waals surface area contributed by atoms with Gasteiger partial charge in [0.1, 0.15) is 23.5 Å². The predicted octanol–water partition coefficient (Wildman–Crippen LogP) is 1.21. The quantitative estimate of drug-likeness (QED) is 0.189. The minimum atomic E-state index is -0.556. The van der Waals surface area contributed by atoms with Gasteiger partial charge in [0.05, 0.1) is 16.3 Å². The number of amidine groups is 1. The number of hydrogen-bond donors (Lipinski definition) is 4. The van der Waals surface area contributed by atoms with Gasteiger partial charge in [0.2, 0.25) is 0 Å². The lowest BCUT2D eigenvalue weighted by atomic mass is 9.97. The monoisotopic (exact) mass is 408 g/mol. The number of rotatable bonds is 5. The third kappa shape index (κ3) is 4.19. The van der Waals surface area contributed by atoms with Crippen molar-refractivity contribution >= 4 is 23.3 Å². The van der Waals surface area contributed by atoms with Crippen LogP contribution in [0.1, 0.15) is 24.0 Å². The smallest absolute Gasteiger partial charge is 0.267 e. The van der Waals surface area contributed by atoms with Crippen molar-refractivity contribution in [3.8, 4) is 23.3 Å². The van der Waals surface area contributed by atoms with Gasteiger partial charge >= 0.3 is 0 Å². The first-order chi connectivity index (χ1) is 14.1. The van der Waals surface area contributed by atoms with Crippen molar-refractivity contribution < 1.29 is 0 Å². The minimum absolute atomic E-state index is 0.0931. The number of aromatic amines is 1. The summed E-state index contributed by atoms with van der Waals surface area (Å²) in [5.41, 5.74) is 3.96. The van der Waals surface area contributed by atoms with Gasteiger partial charge in [-0.25, -0.2) is 5.84 Å². The first kappa shape index (κ1) is 20.3. The SMILES string of the molecule is N#Cc1c(SC/C(=N/N)NN)[nH]c(=O)c(C#N)c1-c1ccc(N2CCCC2)cc1. The molecule has 0 atom stereocenters. The molecule has 2 aromatic rings. The average molecular weight is 408 g/mol. The molecule has 1 saturated heterocycles. The molecule has 1 aliphatic heterocycles. The molecular formula is C19H20N8OS. The van der Waals surface area contributed by atoms with E-state index in [-0.39, 0.29) is 16.9 Å². The zero-order chi connectivity index (χ0) is 20.8. The van der Waals surface area contributed by atoms with Crippen molar-refractivity contribution in [3.63, 3.8) is 0 Å². The zero-order valence-corrected chi connectivity index (χ0v) is 16.4. The van der Waals surface area contributed by atoms with Gasteiger partial charge in [-0.2, -0.15) is 15.6 Å². The molecule has 1 aliphatic rings. The van der Waals surface area contributed by atoms with E-state index in [1.807, 2.05) is 30.3 Å². The second-order valence-corrected chi connectivity index (χ2v) is 7.37. The molecule has 1 aromatic heterocycles. The fraction of sp³-hybridized carbons (Fsp3) is 0.263. The van der Waals surface area contributed by atoms with Crippen LogP contribution in [0.15, 0.2) is 39.2 Å². The molecule has 0 aliphatic carbocycles. The summed E-state index contributed by atoms with van der Waals surface area (Å²) in [6.07, 6.45) is 2.33. The lowest BCUT2D eigenvalue weighted by Crippen LogP contribution is -2.33. The van der Waals surface area contributed by atoms with Gasteiger partial charge < -0.3 is 21.2 Å². The van der Waals surface area contributed by atoms with E-state index in [9.17, 15) is 15.3 Å². The molecule has 29 heavy (non-hydrogen) atoms. The third-order valence-corrected chi connectivity index (χ3v) is 5.72. The van der Waals surface area contributed by atoms with Gasteiger partial charge in [0.25, 0.3) is 5.56 Å². The van der Waals surface area contributed by atoms with Gasteiger partial charge in [0, 0.05) is 24.3 Å². The van der Waals surface area contributed by atoms with E-state index in [0.717, 1.165) is 30.5 Å². The van der Waals surface area contributed by atoms with Crippen molar-refractivity contribution in [2.45, 2.75) is 17.9 Å². The maximum atomic E-state index is 12.5. The summed E-state index contributed by atoms with van der Waals surface area (Å²) in [7, 11) is 0. The van der Waals surface area contributed by atoms with Gasteiger partial charge in [0.15, 0.2) is 0 Å². The molecule has 6 N–H and O–H groups in total. The van der Waals surface area contributed by atoms with Crippen molar-refractivity contribution in [2.24, 2.45) is 16.8 Å². The average Bonchev–Trinajstić information content (AvgIpc) is 3.29. The number of aromatic nitrogens is 1. The number of H-pyrrole nitrogens is 1. The Bertz CT molecular complexity index is 1060. The molecule has 0 saturated carbocycles. The largest absolute Gasteiger partial charge is 0.372 e. The third-order valence-electron chi connectivity index (χ3n) is 4.71. The Kier molecular flexibility index (Phi) is 6.39. The Morgan fingerprint density at radius 2 is 1.86 bits per heavy atom. The topological polar surface area (TPSA) is 160 Å². The molecule has 148 valence electrons. The van der Waals surface area contributed by atoms with Gasteiger partial charge in [-0.3, -0.25) is 4.79 Å². The summed E-state index contributed by atoms with van der Waals surface area (Å²) in [6.45, 7) is 2.02. The number of hydrazone groups is 1.